The summed E-state index contributed by atoms with van der Waals surface area (Å²) in [7, 11) is 0. The van der Waals surface area contributed by atoms with Crippen LogP contribution in [0.25, 0.3) is 10.9 Å². The van der Waals surface area contributed by atoms with Crippen LogP contribution < -0.4 is 0 Å². The summed E-state index contributed by atoms with van der Waals surface area (Å²) >= 11 is 5.73. The number of nitro benzene ring substituents is 1. The molecule has 5 nitrogen and oxygen atoms in total. The van der Waals surface area contributed by atoms with E-state index in [4.69, 9.17) is 11.6 Å². The Hall–Kier alpha value is -2.01. The molecule has 6 heteroatoms. The van der Waals surface area contributed by atoms with Gasteiger partial charge in [0.05, 0.1) is 16.0 Å². The fourth-order valence-electron chi connectivity index (χ4n) is 1.35. The van der Waals surface area contributed by atoms with Crippen LogP contribution in [-0.2, 0) is 0 Å². The van der Waals surface area contributed by atoms with Crippen molar-refractivity contribution >= 4 is 34.5 Å². The van der Waals surface area contributed by atoms with Gasteiger partial charge in [0.15, 0.2) is 6.29 Å². The number of nitro groups is 1. The molecule has 1 aromatic heterocycles. The number of non-ortho nitro benzene ring substituents is 1. The molecule has 80 valence electrons. The van der Waals surface area contributed by atoms with Gasteiger partial charge in [-0.1, -0.05) is 11.6 Å². The van der Waals surface area contributed by atoms with Crippen molar-refractivity contribution in [2.75, 3.05) is 0 Å². The van der Waals surface area contributed by atoms with Gasteiger partial charge in [0.25, 0.3) is 5.69 Å². The number of hydrogen-bond acceptors (Lipinski definition) is 4. The van der Waals surface area contributed by atoms with Gasteiger partial charge in [-0.2, -0.15) is 0 Å². The molecule has 0 bridgehead atoms. The maximum absolute atomic E-state index is 10.6. The summed E-state index contributed by atoms with van der Waals surface area (Å²) in [6, 6.07) is 5.66. The van der Waals surface area contributed by atoms with Crippen molar-refractivity contribution in [1.29, 1.82) is 0 Å². The zero-order valence-electron chi connectivity index (χ0n) is 7.88. The van der Waals surface area contributed by atoms with Gasteiger partial charge >= 0.3 is 0 Å². The van der Waals surface area contributed by atoms with Gasteiger partial charge in [-0.3, -0.25) is 14.9 Å². The molecule has 0 N–H and O–H groups in total. The molecule has 0 spiro atoms. The lowest BCUT2D eigenvalue weighted by molar-refractivity contribution is -0.384. The van der Waals surface area contributed by atoms with E-state index < -0.39 is 4.92 Å². The SMILES string of the molecule is O=Cc1cc2cc([N+](=O)[O-])ccc2nc1Cl. The lowest BCUT2D eigenvalue weighted by Gasteiger charge is -2.00. The monoisotopic (exact) mass is 236 g/mol. The van der Waals surface area contributed by atoms with E-state index in [1.165, 1.54) is 24.3 Å². The summed E-state index contributed by atoms with van der Waals surface area (Å²) in [6.45, 7) is 0. The Balaban J connectivity index is 2.72. The summed E-state index contributed by atoms with van der Waals surface area (Å²) in [5.74, 6) is 0. The molecule has 0 aliphatic rings. The predicted octanol–water partition coefficient (Wildman–Crippen LogP) is 2.61. The van der Waals surface area contributed by atoms with Crippen molar-refractivity contribution in [1.82, 2.24) is 4.98 Å². The topological polar surface area (TPSA) is 73.1 Å². The first kappa shape index (κ1) is 10.5. The molecule has 16 heavy (non-hydrogen) atoms. The number of pyridine rings is 1. The number of carbonyl (C=O) groups is 1. The fraction of sp³-hybridized carbons (Fsp3) is 0. The van der Waals surface area contributed by atoms with Crippen LogP contribution in [0.1, 0.15) is 10.4 Å². The second-order valence-electron chi connectivity index (χ2n) is 3.12. The first-order chi connectivity index (χ1) is 7.61. The zero-order chi connectivity index (χ0) is 11.7. The summed E-state index contributed by atoms with van der Waals surface area (Å²) in [4.78, 5) is 24.6. The Morgan fingerprint density at radius 2 is 2.12 bits per heavy atom. The number of aromatic nitrogens is 1. The average Bonchev–Trinajstić information content (AvgIpc) is 2.27. The number of aldehydes is 1. The second-order valence-corrected chi connectivity index (χ2v) is 3.48. The van der Waals surface area contributed by atoms with E-state index in [1.54, 1.807) is 0 Å². The first-order valence-corrected chi connectivity index (χ1v) is 4.69. The smallest absolute Gasteiger partial charge is 0.270 e. The molecule has 0 aliphatic heterocycles. The van der Waals surface area contributed by atoms with Crippen LogP contribution in [0.15, 0.2) is 24.3 Å². The van der Waals surface area contributed by atoms with Crippen molar-refractivity contribution in [3.8, 4) is 0 Å². The van der Waals surface area contributed by atoms with Gasteiger partial charge in [-0.25, -0.2) is 4.98 Å². The van der Waals surface area contributed by atoms with E-state index in [9.17, 15) is 14.9 Å². The molecular weight excluding hydrogens is 232 g/mol. The van der Waals surface area contributed by atoms with E-state index in [-0.39, 0.29) is 16.4 Å². The van der Waals surface area contributed by atoms with Gasteiger partial charge in [0.2, 0.25) is 0 Å². The van der Waals surface area contributed by atoms with Crippen LogP contribution in [0.2, 0.25) is 5.15 Å². The molecule has 0 fully saturated rings. The third kappa shape index (κ3) is 1.72. The molecular formula is C10H5ClN2O3. The standard InChI is InChI=1S/C10H5ClN2O3/c11-10-7(5-14)3-6-4-8(13(15)16)1-2-9(6)12-10/h1-5H. The quantitative estimate of drug-likeness (QED) is 0.348. The first-order valence-electron chi connectivity index (χ1n) is 4.31. The van der Waals surface area contributed by atoms with E-state index in [0.717, 1.165) is 0 Å². The van der Waals surface area contributed by atoms with E-state index in [2.05, 4.69) is 4.98 Å². The highest BCUT2D eigenvalue weighted by Gasteiger charge is 2.09. The molecule has 1 heterocycles. The Morgan fingerprint density at radius 1 is 1.38 bits per heavy atom. The molecule has 0 radical (unpaired) electrons. The Labute approximate surface area is 94.8 Å². The predicted molar refractivity (Wildman–Crippen MR) is 58.8 cm³/mol. The minimum absolute atomic E-state index is 0.0477. The Bertz CT molecular complexity index is 598. The number of rotatable bonds is 2. The van der Waals surface area contributed by atoms with Crippen LogP contribution >= 0.6 is 11.6 Å². The highest BCUT2D eigenvalue weighted by Crippen LogP contribution is 2.23. The fourth-order valence-corrected chi connectivity index (χ4v) is 1.54. The number of nitrogens with zero attached hydrogens (tertiary/aromatic N) is 2. The molecule has 2 aromatic rings. The van der Waals surface area contributed by atoms with Gasteiger partial charge in [0.1, 0.15) is 5.15 Å². The van der Waals surface area contributed by atoms with Crippen LogP contribution in [0.3, 0.4) is 0 Å². The van der Waals surface area contributed by atoms with Gasteiger partial charge in [-0.15, -0.1) is 0 Å². The van der Waals surface area contributed by atoms with Crippen LogP contribution in [-0.4, -0.2) is 16.2 Å². The largest absolute Gasteiger partial charge is 0.298 e. The molecule has 0 saturated heterocycles. The number of carbonyl (C=O) groups excluding carboxylic acids is 1. The van der Waals surface area contributed by atoms with E-state index >= 15 is 0 Å². The highest BCUT2D eigenvalue weighted by atomic mass is 35.5. The lowest BCUT2D eigenvalue weighted by atomic mass is 10.1. The number of hydrogen-bond donors (Lipinski definition) is 0. The van der Waals surface area contributed by atoms with Gasteiger partial charge < -0.3 is 0 Å². The maximum atomic E-state index is 10.6. The number of benzene rings is 1. The minimum Gasteiger partial charge on any atom is -0.298 e. The van der Waals surface area contributed by atoms with Crippen LogP contribution in [0.5, 0.6) is 0 Å². The molecule has 0 saturated carbocycles. The molecule has 1 aromatic carbocycles. The average molecular weight is 237 g/mol. The highest BCUT2D eigenvalue weighted by molar-refractivity contribution is 6.32. The lowest BCUT2D eigenvalue weighted by Crippen LogP contribution is -1.91. The van der Waals surface area contributed by atoms with Crippen molar-refractivity contribution in [2.24, 2.45) is 0 Å². The molecule has 0 amide bonds. The Kier molecular flexibility index (Phi) is 2.54. The van der Waals surface area contributed by atoms with Gasteiger partial charge in [0, 0.05) is 17.5 Å². The maximum Gasteiger partial charge on any atom is 0.270 e. The Morgan fingerprint density at radius 3 is 2.75 bits per heavy atom. The zero-order valence-corrected chi connectivity index (χ0v) is 8.64. The van der Waals surface area contributed by atoms with Gasteiger partial charge in [-0.05, 0) is 12.1 Å². The van der Waals surface area contributed by atoms with Crippen molar-refractivity contribution in [3.63, 3.8) is 0 Å². The van der Waals surface area contributed by atoms with Crippen molar-refractivity contribution < 1.29 is 9.72 Å². The summed E-state index contributed by atoms with van der Waals surface area (Å²) in [5.41, 5.74) is 0.685. The summed E-state index contributed by atoms with van der Waals surface area (Å²) in [5, 5.41) is 11.2. The number of halogens is 1. The normalized spacial score (nSPS) is 10.3. The molecule has 2 rings (SSSR count). The minimum atomic E-state index is -0.505. The van der Waals surface area contributed by atoms with E-state index in [1.807, 2.05) is 0 Å². The molecule has 0 aliphatic carbocycles. The third-order valence-electron chi connectivity index (χ3n) is 2.12. The number of fused-ring (bicyclic) bond motifs is 1. The molecule has 0 atom stereocenters. The van der Waals surface area contributed by atoms with Crippen LogP contribution in [0.4, 0.5) is 5.69 Å². The van der Waals surface area contributed by atoms with Crippen molar-refractivity contribution in [2.45, 2.75) is 0 Å². The van der Waals surface area contributed by atoms with Crippen molar-refractivity contribution in [3.05, 3.63) is 45.1 Å². The second kappa shape index (κ2) is 3.86. The summed E-state index contributed by atoms with van der Waals surface area (Å²) < 4.78 is 0. The van der Waals surface area contributed by atoms with E-state index in [0.29, 0.717) is 17.2 Å². The summed E-state index contributed by atoms with van der Waals surface area (Å²) in [6.07, 6.45) is 0.563. The molecule has 0 unspecified atom stereocenters. The van der Waals surface area contributed by atoms with Crippen LogP contribution in [0, 0.1) is 10.1 Å². The third-order valence-corrected chi connectivity index (χ3v) is 2.42.